The summed E-state index contributed by atoms with van der Waals surface area (Å²) in [6.45, 7) is 0. The molecule has 0 radical (unpaired) electrons. The second kappa shape index (κ2) is 5.11. The minimum absolute atomic E-state index is 0. The summed E-state index contributed by atoms with van der Waals surface area (Å²) in [6, 6.07) is 4.60. The molecule has 13 heavy (non-hydrogen) atoms. The minimum Gasteiger partial charge on any atom is -1.00 e. The van der Waals surface area contributed by atoms with Crippen molar-refractivity contribution in [3.8, 4) is 5.75 Å². The second-order valence-electron chi connectivity index (χ2n) is 2.23. The molecule has 1 aromatic rings. The van der Waals surface area contributed by atoms with E-state index in [4.69, 9.17) is 15.6 Å². The zero-order valence-corrected chi connectivity index (χ0v) is 9.57. The number of carboxylic acid groups (broad SMARTS) is 1. The number of carbonyl (C=O) groups is 1. The molecule has 0 saturated heterocycles. The van der Waals surface area contributed by atoms with Crippen molar-refractivity contribution in [2.45, 2.75) is 0 Å². The van der Waals surface area contributed by atoms with Crippen LogP contribution in [0.1, 0.15) is 11.8 Å². The van der Waals surface area contributed by atoms with E-state index >= 15 is 0 Å². The zero-order chi connectivity index (χ0) is 9.14. The Balaban J connectivity index is 0. The molecule has 0 spiro atoms. The first-order valence-corrected chi connectivity index (χ1v) is 3.32. The van der Waals surface area contributed by atoms with Gasteiger partial charge < -0.3 is 17.0 Å². The van der Waals surface area contributed by atoms with Crippen LogP contribution in [0.4, 0.5) is 5.69 Å². The number of para-hydroxylation sites is 1. The molecule has 0 aromatic heterocycles. The molecule has 0 saturated carbocycles. The van der Waals surface area contributed by atoms with E-state index in [1.165, 1.54) is 13.2 Å². The first-order valence-electron chi connectivity index (χ1n) is 3.32. The monoisotopic (exact) mass is 191 g/mol. The van der Waals surface area contributed by atoms with Gasteiger partial charge in [-0.1, -0.05) is 6.07 Å². The van der Waals surface area contributed by atoms with Gasteiger partial charge in [0.2, 0.25) is 0 Å². The van der Waals surface area contributed by atoms with Gasteiger partial charge in [-0.25, -0.2) is 4.79 Å². The maximum absolute atomic E-state index is 10.6. The summed E-state index contributed by atoms with van der Waals surface area (Å²) < 4.78 is 4.83. The van der Waals surface area contributed by atoms with E-state index < -0.39 is 5.97 Å². The van der Waals surface area contributed by atoms with Crippen molar-refractivity contribution in [3.05, 3.63) is 23.8 Å². The summed E-state index contributed by atoms with van der Waals surface area (Å²) in [7, 11) is 1.39. The van der Waals surface area contributed by atoms with Crippen molar-refractivity contribution in [2.24, 2.45) is 0 Å². The Kier molecular flexibility index (Phi) is 4.83. The smallest absolute Gasteiger partial charge is 1.00 e. The standard InChI is InChI=1S/C8H9NO3.Na.H/c1-12-7-5(8(10)11)3-2-4-6(7)9;;/h2-4H,9H2,1H3,(H,10,11);;/q;+1;-1. The van der Waals surface area contributed by atoms with E-state index in [9.17, 15) is 4.79 Å². The quantitative estimate of drug-likeness (QED) is 0.422. The summed E-state index contributed by atoms with van der Waals surface area (Å²) in [4.78, 5) is 10.6. The van der Waals surface area contributed by atoms with Gasteiger partial charge in [0.1, 0.15) is 5.56 Å². The molecule has 0 bridgehead atoms. The number of methoxy groups -OCH3 is 1. The number of rotatable bonds is 2. The molecule has 66 valence electrons. The molecule has 1 rings (SSSR count). The van der Waals surface area contributed by atoms with E-state index in [-0.39, 0.29) is 42.3 Å². The predicted octanol–water partition coefficient (Wildman–Crippen LogP) is -1.91. The van der Waals surface area contributed by atoms with E-state index in [0.29, 0.717) is 5.69 Å². The molecule has 0 aliphatic heterocycles. The average molecular weight is 191 g/mol. The van der Waals surface area contributed by atoms with Gasteiger partial charge in [0.25, 0.3) is 0 Å². The third kappa shape index (κ3) is 2.62. The van der Waals surface area contributed by atoms with Crippen molar-refractivity contribution in [1.82, 2.24) is 0 Å². The van der Waals surface area contributed by atoms with E-state index in [1.54, 1.807) is 12.1 Å². The van der Waals surface area contributed by atoms with Crippen LogP contribution in [0.5, 0.6) is 5.75 Å². The van der Waals surface area contributed by atoms with Crippen molar-refractivity contribution >= 4 is 11.7 Å². The molecule has 0 amide bonds. The van der Waals surface area contributed by atoms with Gasteiger partial charge in [0, 0.05) is 0 Å². The Morgan fingerprint density at radius 2 is 2.23 bits per heavy atom. The van der Waals surface area contributed by atoms with Gasteiger partial charge in [0.05, 0.1) is 12.8 Å². The number of nitrogens with two attached hydrogens (primary N) is 1. The van der Waals surface area contributed by atoms with Gasteiger partial charge in [0.15, 0.2) is 5.75 Å². The van der Waals surface area contributed by atoms with Crippen LogP contribution in [0.25, 0.3) is 0 Å². The van der Waals surface area contributed by atoms with Crippen LogP contribution in [0.3, 0.4) is 0 Å². The topological polar surface area (TPSA) is 72.5 Å². The Hall–Kier alpha value is -0.710. The Labute approximate surface area is 99.5 Å². The molecular formula is C8H10NNaO3. The Morgan fingerprint density at radius 1 is 1.62 bits per heavy atom. The van der Waals surface area contributed by atoms with Crippen LogP contribution in [0.15, 0.2) is 18.2 Å². The van der Waals surface area contributed by atoms with E-state index in [0.717, 1.165) is 0 Å². The van der Waals surface area contributed by atoms with Crippen LogP contribution in [0.2, 0.25) is 0 Å². The molecule has 0 aliphatic rings. The molecule has 0 aliphatic carbocycles. The Morgan fingerprint density at radius 3 is 2.62 bits per heavy atom. The van der Waals surface area contributed by atoms with Crippen LogP contribution < -0.4 is 40.0 Å². The molecular weight excluding hydrogens is 181 g/mol. The van der Waals surface area contributed by atoms with Crippen molar-refractivity contribution < 1.29 is 45.6 Å². The summed E-state index contributed by atoms with van der Waals surface area (Å²) in [5.41, 5.74) is 5.89. The first-order chi connectivity index (χ1) is 5.66. The number of nitrogen functional groups attached to an aromatic ring is 1. The van der Waals surface area contributed by atoms with E-state index in [1.807, 2.05) is 0 Å². The second-order valence-corrected chi connectivity index (χ2v) is 2.23. The molecule has 4 nitrogen and oxygen atoms in total. The number of carboxylic acids is 1. The molecule has 5 heteroatoms. The van der Waals surface area contributed by atoms with Crippen LogP contribution >= 0.6 is 0 Å². The normalized spacial score (nSPS) is 8.69. The fraction of sp³-hybridized carbons (Fsp3) is 0.125. The van der Waals surface area contributed by atoms with Gasteiger partial charge in [-0.3, -0.25) is 0 Å². The number of aromatic carboxylic acids is 1. The third-order valence-electron chi connectivity index (χ3n) is 1.48. The van der Waals surface area contributed by atoms with Crippen LogP contribution in [0, 0.1) is 0 Å². The average Bonchev–Trinajstić information content (AvgIpc) is 2.03. The van der Waals surface area contributed by atoms with Crippen molar-refractivity contribution in [2.75, 3.05) is 12.8 Å². The maximum atomic E-state index is 10.6. The summed E-state index contributed by atoms with van der Waals surface area (Å²) >= 11 is 0. The van der Waals surface area contributed by atoms with E-state index in [2.05, 4.69) is 0 Å². The molecule has 0 atom stereocenters. The fourth-order valence-electron chi connectivity index (χ4n) is 0.951. The number of anilines is 1. The van der Waals surface area contributed by atoms with Gasteiger partial charge in [-0.15, -0.1) is 0 Å². The van der Waals surface area contributed by atoms with Crippen LogP contribution in [-0.4, -0.2) is 18.2 Å². The van der Waals surface area contributed by atoms with Gasteiger partial charge in [-0.05, 0) is 12.1 Å². The molecule has 3 N–H and O–H groups in total. The third-order valence-corrected chi connectivity index (χ3v) is 1.48. The fourth-order valence-corrected chi connectivity index (χ4v) is 0.951. The first kappa shape index (κ1) is 12.3. The zero-order valence-electron chi connectivity index (χ0n) is 8.57. The maximum Gasteiger partial charge on any atom is 1.00 e. The van der Waals surface area contributed by atoms with Gasteiger partial charge in [-0.2, -0.15) is 0 Å². The number of ether oxygens (including phenoxy) is 1. The van der Waals surface area contributed by atoms with Gasteiger partial charge >= 0.3 is 35.5 Å². The molecule has 0 fully saturated rings. The predicted molar refractivity (Wildman–Crippen MR) is 45.5 cm³/mol. The summed E-state index contributed by atoms with van der Waals surface area (Å²) in [5.74, 6) is -0.829. The number of benzene rings is 1. The van der Waals surface area contributed by atoms with Crippen molar-refractivity contribution in [3.63, 3.8) is 0 Å². The van der Waals surface area contributed by atoms with Crippen LogP contribution in [-0.2, 0) is 0 Å². The number of hydrogen-bond acceptors (Lipinski definition) is 3. The molecule has 1 aromatic carbocycles. The number of hydrogen-bond donors (Lipinski definition) is 2. The molecule has 0 heterocycles. The van der Waals surface area contributed by atoms with Crippen molar-refractivity contribution in [1.29, 1.82) is 0 Å². The minimum atomic E-state index is -1.04. The summed E-state index contributed by atoms with van der Waals surface area (Å²) in [6.07, 6.45) is 0. The Bertz CT molecular complexity index is 319. The largest absolute Gasteiger partial charge is 1.00 e. The SMILES string of the molecule is COc1c(N)cccc1C(=O)O.[H-].[Na+]. The summed E-state index contributed by atoms with van der Waals surface area (Å²) in [5, 5.41) is 8.69. The molecule has 0 unspecified atom stereocenters.